The van der Waals surface area contributed by atoms with Crippen LogP contribution in [0.3, 0.4) is 0 Å². The Morgan fingerprint density at radius 3 is 1.93 bits per heavy atom. The summed E-state index contributed by atoms with van der Waals surface area (Å²) in [4.78, 5) is 30.0. The lowest BCUT2D eigenvalue weighted by Crippen LogP contribution is -2.52. The van der Waals surface area contributed by atoms with Gasteiger partial charge in [0.05, 0.1) is 5.56 Å². The van der Waals surface area contributed by atoms with E-state index in [1.807, 2.05) is 4.90 Å². The van der Waals surface area contributed by atoms with Gasteiger partial charge in [-0.25, -0.2) is 4.79 Å². The Morgan fingerprint density at radius 2 is 1.40 bits per heavy atom. The van der Waals surface area contributed by atoms with Gasteiger partial charge < -0.3 is 19.4 Å². The van der Waals surface area contributed by atoms with Crippen molar-refractivity contribution in [3.63, 3.8) is 0 Å². The summed E-state index contributed by atoms with van der Waals surface area (Å²) < 4.78 is 121. The molecule has 0 atom stereocenters. The molecule has 236 valence electrons. The predicted molar refractivity (Wildman–Crippen MR) is 131 cm³/mol. The predicted octanol–water partition coefficient (Wildman–Crippen LogP) is 5.29. The van der Waals surface area contributed by atoms with E-state index in [0.717, 1.165) is 36.3 Å². The van der Waals surface area contributed by atoms with Crippen molar-refractivity contribution in [2.75, 3.05) is 57.3 Å². The van der Waals surface area contributed by atoms with Gasteiger partial charge in [-0.15, -0.1) is 0 Å². The molecule has 1 aromatic carbocycles. The molecular weight excluding hydrogens is 587 g/mol. The summed E-state index contributed by atoms with van der Waals surface area (Å²) in [6, 6.07) is 3.44. The van der Waals surface area contributed by atoms with Gasteiger partial charge in [-0.05, 0) is 42.4 Å². The van der Waals surface area contributed by atoms with Crippen molar-refractivity contribution in [2.24, 2.45) is 5.41 Å². The third-order valence-corrected chi connectivity index (χ3v) is 8.30. The number of hydrogen-bond acceptors (Lipinski definition) is 5. The van der Waals surface area contributed by atoms with Gasteiger partial charge >= 0.3 is 24.6 Å². The summed E-state index contributed by atoms with van der Waals surface area (Å²) in [5, 5.41) is 0. The third kappa shape index (κ3) is 7.35. The fourth-order valence-electron chi connectivity index (χ4n) is 5.84. The van der Waals surface area contributed by atoms with Gasteiger partial charge in [-0.1, -0.05) is 6.07 Å². The Morgan fingerprint density at radius 1 is 0.833 bits per heavy atom. The first-order valence-corrected chi connectivity index (χ1v) is 13.4. The maximum absolute atomic E-state index is 13.6. The number of rotatable bonds is 4. The topological polar surface area (TPSA) is 56.3 Å². The maximum atomic E-state index is 13.6. The Bertz CT molecular complexity index is 1130. The fourth-order valence-corrected chi connectivity index (χ4v) is 5.84. The van der Waals surface area contributed by atoms with Crippen LogP contribution >= 0.6 is 0 Å². The average molecular weight is 619 g/mol. The van der Waals surface area contributed by atoms with Crippen LogP contribution in [0.25, 0.3) is 0 Å². The minimum atomic E-state index is -5.83. The quantitative estimate of drug-likeness (QED) is 0.430. The van der Waals surface area contributed by atoms with Gasteiger partial charge in [-0.2, -0.15) is 39.5 Å². The van der Waals surface area contributed by atoms with Crippen LogP contribution in [0.2, 0.25) is 0 Å². The van der Waals surface area contributed by atoms with E-state index in [9.17, 15) is 49.1 Å². The first kappa shape index (κ1) is 32.0. The number of hydrogen-bond donors (Lipinski definition) is 0. The molecule has 3 aliphatic rings. The number of anilines is 1. The summed E-state index contributed by atoms with van der Waals surface area (Å²) in [5.74, 6) is -0.0197. The van der Waals surface area contributed by atoms with E-state index in [1.165, 1.54) is 13.0 Å². The number of nitrogens with zero attached hydrogens (tertiary/aromatic N) is 4. The molecule has 16 heteroatoms. The Kier molecular flexibility index (Phi) is 8.87. The van der Waals surface area contributed by atoms with E-state index in [2.05, 4.69) is 4.74 Å². The third-order valence-electron chi connectivity index (χ3n) is 8.30. The zero-order valence-corrected chi connectivity index (χ0v) is 22.7. The molecule has 4 rings (SSSR count). The molecular formula is C26H31F9N4O3. The summed E-state index contributed by atoms with van der Waals surface area (Å²) in [5.41, 5.74) is 0.0287. The van der Waals surface area contributed by atoms with Gasteiger partial charge in [-0.3, -0.25) is 9.69 Å². The molecule has 2 amide bonds. The minimum absolute atomic E-state index is 0.0197. The summed E-state index contributed by atoms with van der Waals surface area (Å²) in [6.07, 6.45) is -20.0. The molecule has 42 heavy (non-hydrogen) atoms. The molecule has 1 spiro atoms. The highest BCUT2D eigenvalue weighted by Gasteiger charge is 2.60. The lowest BCUT2D eigenvalue weighted by Gasteiger charge is -2.39. The molecule has 7 nitrogen and oxygen atoms in total. The summed E-state index contributed by atoms with van der Waals surface area (Å²) >= 11 is 0. The van der Waals surface area contributed by atoms with Crippen LogP contribution in [0.5, 0.6) is 0 Å². The molecule has 0 unspecified atom stereocenters. The zero-order chi connectivity index (χ0) is 31.1. The van der Waals surface area contributed by atoms with Crippen LogP contribution in [0, 0.1) is 5.41 Å². The number of amides is 2. The van der Waals surface area contributed by atoms with Crippen molar-refractivity contribution >= 4 is 17.7 Å². The lowest BCUT2D eigenvalue weighted by atomic mass is 9.78. The second kappa shape index (κ2) is 11.6. The first-order valence-electron chi connectivity index (χ1n) is 13.4. The lowest BCUT2D eigenvalue weighted by molar-refractivity contribution is -0.308. The van der Waals surface area contributed by atoms with Gasteiger partial charge in [0, 0.05) is 71.5 Å². The van der Waals surface area contributed by atoms with Crippen LogP contribution in [0.4, 0.5) is 50.0 Å². The van der Waals surface area contributed by atoms with Crippen LogP contribution in [0.1, 0.15) is 37.3 Å². The van der Waals surface area contributed by atoms with Gasteiger partial charge in [0.2, 0.25) is 5.91 Å². The molecule has 1 aromatic rings. The second-order valence-corrected chi connectivity index (χ2v) is 11.1. The molecule has 0 radical (unpaired) electrons. The van der Waals surface area contributed by atoms with E-state index in [4.69, 9.17) is 0 Å². The number of ether oxygens (including phenoxy) is 1. The molecule has 0 saturated carbocycles. The first-order chi connectivity index (χ1) is 19.4. The SMILES string of the molecule is CC(=O)N1CCC2(CC1)CCN(c1cc(C(F)(F)F)ccc1CN1CCN(C(=O)OC(C(F)(F)F)C(F)(F)F)CC1)C2. The number of benzene rings is 1. The largest absolute Gasteiger partial charge is 0.434 e. The highest BCUT2D eigenvalue weighted by molar-refractivity contribution is 5.73. The Labute approximate surface area is 236 Å². The van der Waals surface area contributed by atoms with Crippen molar-refractivity contribution in [3.05, 3.63) is 29.3 Å². The Hall–Kier alpha value is -2.91. The molecule has 3 heterocycles. The van der Waals surface area contributed by atoms with Crippen molar-refractivity contribution in [1.29, 1.82) is 0 Å². The highest BCUT2D eigenvalue weighted by atomic mass is 19.4. The average Bonchev–Trinajstić information content (AvgIpc) is 3.29. The highest BCUT2D eigenvalue weighted by Crippen LogP contribution is 2.44. The molecule has 0 aliphatic carbocycles. The number of halogens is 9. The van der Waals surface area contributed by atoms with Crippen LogP contribution in [0.15, 0.2) is 18.2 Å². The van der Waals surface area contributed by atoms with Crippen molar-refractivity contribution in [3.8, 4) is 0 Å². The van der Waals surface area contributed by atoms with E-state index < -0.39 is 36.3 Å². The molecule has 3 fully saturated rings. The number of alkyl halides is 9. The summed E-state index contributed by atoms with van der Waals surface area (Å²) in [6.45, 7) is 3.53. The van der Waals surface area contributed by atoms with E-state index in [1.54, 1.807) is 9.80 Å². The van der Waals surface area contributed by atoms with Crippen molar-refractivity contribution < 1.29 is 53.8 Å². The maximum Gasteiger partial charge on any atom is 0.434 e. The standard InChI is InChI=1S/C26H31F9N4O3/c1-17(40)37-7-4-23(5-8-37)6-9-39(16-23)20-14-19(24(27,28)29)3-2-18(20)15-36-10-12-38(13-11-36)22(41)42-21(25(30,31)32)26(33,34)35/h2-3,14,21H,4-13,15-16H2,1H3. The second-order valence-electron chi connectivity index (χ2n) is 11.1. The number of likely N-dealkylation sites (tertiary alicyclic amines) is 1. The van der Waals surface area contributed by atoms with Crippen molar-refractivity contribution in [1.82, 2.24) is 14.7 Å². The fraction of sp³-hybridized carbons (Fsp3) is 0.692. The van der Waals surface area contributed by atoms with Crippen LogP contribution in [-0.4, -0.2) is 97.5 Å². The van der Waals surface area contributed by atoms with E-state index >= 15 is 0 Å². The number of carbonyl (C=O) groups is 2. The minimum Gasteiger partial charge on any atom is -0.426 e. The van der Waals surface area contributed by atoms with Gasteiger partial charge in [0.1, 0.15) is 0 Å². The number of carbonyl (C=O) groups excluding carboxylic acids is 2. The molecule has 3 aliphatic heterocycles. The monoisotopic (exact) mass is 618 g/mol. The normalized spacial score (nSPS) is 20.5. The molecule has 3 saturated heterocycles. The summed E-state index contributed by atoms with van der Waals surface area (Å²) in [7, 11) is 0. The number of piperazine rings is 1. The zero-order valence-electron chi connectivity index (χ0n) is 22.7. The van der Waals surface area contributed by atoms with Gasteiger partial charge in [0.25, 0.3) is 6.10 Å². The smallest absolute Gasteiger partial charge is 0.426 e. The van der Waals surface area contributed by atoms with E-state index in [-0.39, 0.29) is 44.0 Å². The van der Waals surface area contributed by atoms with Crippen LogP contribution < -0.4 is 4.90 Å². The van der Waals surface area contributed by atoms with Gasteiger partial charge in [0.15, 0.2) is 0 Å². The Balaban J connectivity index is 1.43. The number of piperidine rings is 1. The van der Waals surface area contributed by atoms with E-state index in [0.29, 0.717) is 37.4 Å². The molecule has 0 bridgehead atoms. The molecule has 0 N–H and O–H groups in total. The molecule has 0 aromatic heterocycles. The van der Waals surface area contributed by atoms with Crippen molar-refractivity contribution in [2.45, 2.75) is 57.4 Å². The van der Waals surface area contributed by atoms with Crippen LogP contribution in [-0.2, 0) is 22.3 Å².